The minimum Gasteiger partial charge on any atom is -0.493 e. The van der Waals surface area contributed by atoms with E-state index in [4.69, 9.17) is 14.2 Å². The van der Waals surface area contributed by atoms with Crippen molar-refractivity contribution in [3.8, 4) is 11.5 Å². The first-order chi connectivity index (χ1) is 9.50. The summed E-state index contributed by atoms with van der Waals surface area (Å²) in [5.41, 5.74) is 0.332. The lowest BCUT2D eigenvalue weighted by molar-refractivity contribution is 0.204. The fourth-order valence-electron chi connectivity index (χ4n) is 1.65. The zero-order chi connectivity index (χ0) is 15.2. The maximum absolute atomic E-state index is 12.1. The second kappa shape index (κ2) is 7.44. The van der Waals surface area contributed by atoms with Gasteiger partial charge >= 0.3 is 0 Å². The number of sulfonamides is 1. The van der Waals surface area contributed by atoms with Gasteiger partial charge in [0.15, 0.2) is 11.5 Å². The molecule has 0 aliphatic carbocycles. The normalized spacial score (nSPS) is 11.4. The topological polar surface area (TPSA) is 94.1 Å². The highest BCUT2D eigenvalue weighted by Crippen LogP contribution is 2.34. The number of nitrogens with one attached hydrogen (secondary N) is 1. The van der Waals surface area contributed by atoms with Gasteiger partial charge in [0, 0.05) is 25.3 Å². The Kier molecular flexibility index (Phi) is 6.21. The van der Waals surface area contributed by atoms with Crippen LogP contribution in [0, 0.1) is 0 Å². The van der Waals surface area contributed by atoms with Crippen molar-refractivity contribution in [1.82, 2.24) is 4.72 Å². The van der Waals surface area contributed by atoms with Crippen LogP contribution in [0.4, 0.5) is 0 Å². The maximum Gasteiger partial charge on any atom is 0.240 e. The Labute approximate surface area is 118 Å². The summed E-state index contributed by atoms with van der Waals surface area (Å²) >= 11 is 0. The zero-order valence-corrected chi connectivity index (χ0v) is 12.5. The van der Waals surface area contributed by atoms with E-state index in [1.54, 1.807) is 0 Å². The number of hydrogen-bond acceptors (Lipinski definition) is 6. The summed E-state index contributed by atoms with van der Waals surface area (Å²) in [7, 11) is 0.597. The first kappa shape index (κ1) is 16.7. The van der Waals surface area contributed by atoms with Crippen molar-refractivity contribution in [2.24, 2.45) is 0 Å². The molecule has 0 fully saturated rings. The van der Waals surface area contributed by atoms with E-state index in [1.807, 2.05) is 0 Å². The smallest absolute Gasteiger partial charge is 0.240 e. The Morgan fingerprint density at radius 2 is 1.90 bits per heavy atom. The molecule has 0 radical (unpaired) electrons. The van der Waals surface area contributed by atoms with Crippen LogP contribution >= 0.6 is 0 Å². The van der Waals surface area contributed by atoms with E-state index in [2.05, 4.69) is 4.72 Å². The predicted molar refractivity (Wildman–Crippen MR) is 72.5 cm³/mol. The average molecular weight is 305 g/mol. The van der Waals surface area contributed by atoms with Gasteiger partial charge in [-0.15, -0.1) is 0 Å². The minimum atomic E-state index is -3.70. The molecule has 0 saturated carbocycles. The molecule has 0 heterocycles. The third-order valence-corrected chi connectivity index (χ3v) is 4.05. The molecule has 2 N–H and O–H groups in total. The van der Waals surface area contributed by atoms with Gasteiger partial charge < -0.3 is 19.3 Å². The highest BCUT2D eigenvalue weighted by Gasteiger charge is 2.19. The van der Waals surface area contributed by atoms with Crippen molar-refractivity contribution in [2.45, 2.75) is 11.5 Å². The standard InChI is InChI=1S/C12H19NO6S/c1-17-5-4-13-20(15,16)10-6-9(8-14)12(19-3)11(7-10)18-2/h6-7,13-14H,4-5,8H2,1-3H3. The summed E-state index contributed by atoms with van der Waals surface area (Å²) in [4.78, 5) is -0.00435. The lowest BCUT2D eigenvalue weighted by Gasteiger charge is -2.14. The van der Waals surface area contributed by atoms with E-state index < -0.39 is 10.0 Å². The predicted octanol–water partition coefficient (Wildman–Crippen LogP) is 0.121. The van der Waals surface area contributed by atoms with Crippen LogP contribution in [0.15, 0.2) is 17.0 Å². The molecule has 0 bridgehead atoms. The maximum atomic E-state index is 12.1. The molecule has 7 nitrogen and oxygen atoms in total. The molecule has 1 aromatic rings. The van der Waals surface area contributed by atoms with Crippen LogP contribution in [0.5, 0.6) is 11.5 Å². The van der Waals surface area contributed by atoms with Crippen LogP contribution in [0.25, 0.3) is 0 Å². The van der Waals surface area contributed by atoms with Gasteiger partial charge in [-0.1, -0.05) is 0 Å². The van der Waals surface area contributed by atoms with Crippen molar-refractivity contribution >= 4 is 10.0 Å². The molecule has 114 valence electrons. The van der Waals surface area contributed by atoms with Gasteiger partial charge in [-0.05, 0) is 6.07 Å². The molecule has 1 aromatic carbocycles. The van der Waals surface area contributed by atoms with E-state index in [9.17, 15) is 13.5 Å². The van der Waals surface area contributed by atoms with E-state index in [0.29, 0.717) is 11.3 Å². The summed E-state index contributed by atoms with van der Waals surface area (Å²) in [6.07, 6.45) is 0. The highest BCUT2D eigenvalue weighted by atomic mass is 32.2. The fourth-order valence-corrected chi connectivity index (χ4v) is 2.73. The zero-order valence-electron chi connectivity index (χ0n) is 11.7. The van der Waals surface area contributed by atoms with Gasteiger partial charge in [0.05, 0.1) is 32.3 Å². The second-order valence-corrected chi connectivity index (χ2v) is 5.63. The lowest BCUT2D eigenvalue weighted by Crippen LogP contribution is -2.27. The second-order valence-electron chi connectivity index (χ2n) is 3.87. The summed E-state index contributed by atoms with van der Waals surface area (Å²) in [5.74, 6) is 0.553. The molecular formula is C12H19NO6S. The van der Waals surface area contributed by atoms with Crippen molar-refractivity contribution in [1.29, 1.82) is 0 Å². The first-order valence-electron chi connectivity index (χ1n) is 5.84. The monoisotopic (exact) mass is 305 g/mol. The van der Waals surface area contributed by atoms with Gasteiger partial charge in [0.25, 0.3) is 0 Å². The van der Waals surface area contributed by atoms with Crippen molar-refractivity contribution in [3.05, 3.63) is 17.7 Å². The lowest BCUT2D eigenvalue weighted by atomic mass is 10.2. The Hall–Kier alpha value is -1.35. The number of methoxy groups -OCH3 is 3. The molecular weight excluding hydrogens is 286 g/mol. The molecule has 0 aliphatic rings. The third kappa shape index (κ3) is 3.83. The Balaban J connectivity index is 3.18. The summed E-state index contributed by atoms with van der Waals surface area (Å²) < 4.78 is 41.6. The van der Waals surface area contributed by atoms with Crippen molar-refractivity contribution in [3.63, 3.8) is 0 Å². The Morgan fingerprint density at radius 1 is 1.20 bits per heavy atom. The van der Waals surface area contributed by atoms with Gasteiger partial charge in [0.2, 0.25) is 10.0 Å². The molecule has 1 rings (SSSR count). The number of benzene rings is 1. The molecule has 0 amide bonds. The first-order valence-corrected chi connectivity index (χ1v) is 7.32. The van der Waals surface area contributed by atoms with E-state index in [0.717, 1.165) is 0 Å². The summed E-state index contributed by atoms with van der Waals surface area (Å²) in [5, 5.41) is 9.30. The van der Waals surface area contributed by atoms with Gasteiger partial charge in [-0.2, -0.15) is 0 Å². The van der Waals surface area contributed by atoms with E-state index in [-0.39, 0.29) is 30.4 Å². The Bertz CT molecular complexity index is 518. The number of aliphatic hydroxyl groups is 1. The minimum absolute atomic E-state index is 0.00435. The summed E-state index contributed by atoms with van der Waals surface area (Å²) in [6.45, 7) is 0.0575. The molecule has 0 saturated heterocycles. The van der Waals surface area contributed by atoms with Crippen LogP contribution in [0.2, 0.25) is 0 Å². The molecule has 0 unspecified atom stereocenters. The molecule has 8 heteroatoms. The molecule has 0 aliphatic heterocycles. The van der Waals surface area contributed by atoms with Gasteiger partial charge in [-0.25, -0.2) is 13.1 Å². The highest BCUT2D eigenvalue weighted by molar-refractivity contribution is 7.89. The van der Waals surface area contributed by atoms with Gasteiger partial charge in [-0.3, -0.25) is 0 Å². The largest absolute Gasteiger partial charge is 0.493 e. The van der Waals surface area contributed by atoms with Gasteiger partial charge in [0.1, 0.15) is 0 Å². The molecule has 0 spiro atoms. The fraction of sp³-hybridized carbons (Fsp3) is 0.500. The quantitative estimate of drug-likeness (QED) is 0.663. The molecule has 20 heavy (non-hydrogen) atoms. The Morgan fingerprint density at radius 3 is 2.40 bits per heavy atom. The summed E-state index contributed by atoms with van der Waals surface area (Å²) in [6, 6.07) is 2.68. The van der Waals surface area contributed by atoms with Crippen molar-refractivity contribution < 1.29 is 27.7 Å². The van der Waals surface area contributed by atoms with E-state index >= 15 is 0 Å². The molecule has 0 atom stereocenters. The number of aliphatic hydroxyl groups excluding tert-OH is 1. The van der Waals surface area contributed by atoms with Crippen LogP contribution < -0.4 is 14.2 Å². The average Bonchev–Trinajstić information content (AvgIpc) is 2.45. The number of hydrogen-bond donors (Lipinski definition) is 2. The van der Waals surface area contributed by atoms with E-state index in [1.165, 1.54) is 33.5 Å². The van der Waals surface area contributed by atoms with Crippen LogP contribution in [-0.4, -0.2) is 48.0 Å². The number of ether oxygens (including phenoxy) is 3. The SMILES string of the molecule is COCCNS(=O)(=O)c1cc(CO)c(OC)c(OC)c1. The van der Waals surface area contributed by atoms with Crippen molar-refractivity contribution in [2.75, 3.05) is 34.5 Å². The van der Waals surface area contributed by atoms with Crippen LogP contribution in [-0.2, 0) is 21.4 Å². The van der Waals surface area contributed by atoms with Crippen LogP contribution in [0.3, 0.4) is 0 Å². The third-order valence-electron chi connectivity index (χ3n) is 2.61. The molecule has 0 aromatic heterocycles. The van der Waals surface area contributed by atoms with Crippen LogP contribution in [0.1, 0.15) is 5.56 Å². The number of rotatable bonds is 8.